The standard InChI is InChI=1S/C24H23N3O3S/c1-16-6-4-7-19(12-16)23-25-26-24(27(23)14-21-8-5-11-30-21)31-15-20-13-18(17(2)28)9-10-22(20)29-3/h4-13H,14-15H2,1-3H3. The van der Waals surface area contributed by atoms with Crippen molar-refractivity contribution in [3.8, 4) is 17.1 Å². The molecular formula is C24H23N3O3S. The summed E-state index contributed by atoms with van der Waals surface area (Å²) in [4.78, 5) is 11.8. The first-order valence-electron chi connectivity index (χ1n) is 9.88. The minimum absolute atomic E-state index is 0.0247. The molecule has 4 rings (SSSR count). The number of aromatic nitrogens is 3. The summed E-state index contributed by atoms with van der Waals surface area (Å²) in [6.45, 7) is 4.14. The van der Waals surface area contributed by atoms with Gasteiger partial charge in [-0.2, -0.15) is 0 Å². The van der Waals surface area contributed by atoms with Gasteiger partial charge in [-0.1, -0.05) is 35.5 Å². The van der Waals surface area contributed by atoms with Gasteiger partial charge in [-0.15, -0.1) is 10.2 Å². The van der Waals surface area contributed by atoms with Crippen LogP contribution in [0.1, 0.15) is 34.2 Å². The zero-order valence-electron chi connectivity index (χ0n) is 17.7. The van der Waals surface area contributed by atoms with E-state index in [1.807, 2.05) is 36.4 Å². The van der Waals surface area contributed by atoms with E-state index in [9.17, 15) is 4.79 Å². The Hall–Kier alpha value is -3.32. The summed E-state index contributed by atoms with van der Waals surface area (Å²) >= 11 is 1.55. The van der Waals surface area contributed by atoms with Crippen LogP contribution in [0.4, 0.5) is 0 Å². The molecule has 31 heavy (non-hydrogen) atoms. The molecule has 0 spiro atoms. The van der Waals surface area contributed by atoms with Crippen LogP contribution in [-0.2, 0) is 12.3 Å². The van der Waals surface area contributed by atoms with Crippen molar-refractivity contribution >= 4 is 17.5 Å². The van der Waals surface area contributed by atoms with Crippen molar-refractivity contribution in [3.05, 3.63) is 83.3 Å². The monoisotopic (exact) mass is 433 g/mol. The molecule has 2 aromatic carbocycles. The van der Waals surface area contributed by atoms with Crippen molar-refractivity contribution in [1.29, 1.82) is 0 Å². The Morgan fingerprint density at radius 2 is 2.00 bits per heavy atom. The Labute approximate surface area is 185 Å². The van der Waals surface area contributed by atoms with E-state index in [4.69, 9.17) is 9.15 Å². The minimum atomic E-state index is 0.0247. The van der Waals surface area contributed by atoms with Crippen molar-refractivity contribution in [2.24, 2.45) is 0 Å². The summed E-state index contributed by atoms with van der Waals surface area (Å²) in [7, 11) is 1.63. The molecule has 6 nitrogen and oxygen atoms in total. The van der Waals surface area contributed by atoms with Crippen molar-refractivity contribution in [2.75, 3.05) is 7.11 Å². The first-order chi connectivity index (χ1) is 15.0. The van der Waals surface area contributed by atoms with Gasteiger partial charge in [0.15, 0.2) is 16.8 Å². The summed E-state index contributed by atoms with van der Waals surface area (Å²) in [5.41, 5.74) is 3.76. The number of methoxy groups -OCH3 is 1. The summed E-state index contributed by atoms with van der Waals surface area (Å²) in [6, 6.07) is 17.5. The van der Waals surface area contributed by atoms with E-state index in [2.05, 4.69) is 33.8 Å². The maximum atomic E-state index is 11.8. The first kappa shape index (κ1) is 20.9. The fraction of sp³-hybridized carbons (Fsp3) is 0.208. The largest absolute Gasteiger partial charge is 0.496 e. The van der Waals surface area contributed by atoms with Gasteiger partial charge in [0.25, 0.3) is 0 Å². The summed E-state index contributed by atoms with van der Waals surface area (Å²) in [6.07, 6.45) is 1.66. The number of hydrogen-bond acceptors (Lipinski definition) is 6. The lowest BCUT2D eigenvalue weighted by Crippen LogP contribution is -2.04. The lowest BCUT2D eigenvalue weighted by molar-refractivity contribution is 0.101. The molecule has 0 aliphatic rings. The Morgan fingerprint density at radius 1 is 1.13 bits per heavy atom. The Bertz CT molecular complexity index is 1200. The van der Waals surface area contributed by atoms with Crippen LogP contribution >= 0.6 is 11.8 Å². The fourth-order valence-corrected chi connectivity index (χ4v) is 4.26. The molecule has 0 saturated carbocycles. The van der Waals surface area contributed by atoms with Crippen LogP contribution < -0.4 is 4.74 Å². The van der Waals surface area contributed by atoms with Gasteiger partial charge in [0.2, 0.25) is 0 Å². The SMILES string of the molecule is COc1ccc(C(C)=O)cc1CSc1nnc(-c2cccc(C)c2)n1Cc1ccco1. The van der Waals surface area contributed by atoms with E-state index in [-0.39, 0.29) is 5.78 Å². The predicted octanol–water partition coefficient (Wildman–Crippen LogP) is 5.40. The third kappa shape index (κ3) is 4.72. The van der Waals surface area contributed by atoms with Crippen LogP contribution in [0.15, 0.2) is 70.4 Å². The van der Waals surface area contributed by atoms with Crippen LogP contribution in [0.2, 0.25) is 0 Å². The van der Waals surface area contributed by atoms with Crippen molar-refractivity contribution < 1.29 is 13.9 Å². The Kier molecular flexibility index (Phi) is 6.23. The summed E-state index contributed by atoms with van der Waals surface area (Å²) in [5.74, 6) is 2.97. The normalized spacial score (nSPS) is 10.9. The highest BCUT2D eigenvalue weighted by Crippen LogP contribution is 2.31. The van der Waals surface area contributed by atoms with E-state index < -0.39 is 0 Å². The molecule has 0 amide bonds. The maximum Gasteiger partial charge on any atom is 0.192 e. The van der Waals surface area contributed by atoms with E-state index >= 15 is 0 Å². The number of thioether (sulfide) groups is 1. The molecule has 0 unspecified atom stereocenters. The molecule has 158 valence electrons. The quantitative estimate of drug-likeness (QED) is 0.274. The number of carbonyl (C=O) groups excluding carboxylic acids is 1. The van der Waals surface area contributed by atoms with Gasteiger partial charge in [-0.25, -0.2) is 0 Å². The Balaban J connectivity index is 1.67. The fourth-order valence-electron chi connectivity index (χ4n) is 3.35. The lowest BCUT2D eigenvalue weighted by atomic mass is 10.1. The topological polar surface area (TPSA) is 70.2 Å². The number of nitrogens with zero attached hydrogens (tertiary/aromatic N) is 3. The van der Waals surface area contributed by atoms with Crippen LogP contribution in [0, 0.1) is 6.92 Å². The summed E-state index contributed by atoms with van der Waals surface area (Å²) in [5, 5.41) is 9.70. The number of hydrogen-bond donors (Lipinski definition) is 0. The molecule has 0 bridgehead atoms. The van der Waals surface area contributed by atoms with Crippen LogP contribution in [-0.4, -0.2) is 27.7 Å². The van der Waals surface area contributed by atoms with Gasteiger partial charge < -0.3 is 9.15 Å². The van der Waals surface area contributed by atoms with Gasteiger partial charge in [0.1, 0.15) is 11.5 Å². The smallest absolute Gasteiger partial charge is 0.192 e. The highest BCUT2D eigenvalue weighted by Gasteiger charge is 2.17. The van der Waals surface area contributed by atoms with Gasteiger partial charge >= 0.3 is 0 Å². The molecule has 7 heteroatoms. The lowest BCUT2D eigenvalue weighted by Gasteiger charge is -2.11. The first-order valence-corrected chi connectivity index (χ1v) is 10.9. The molecule has 0 aliphatic heterocycles. The highest BCUT2D eigenvalue weighted by molar-refractivity contribution is 7.98. The molecule has 0 N–H and O–H groups in total. The zero-order valence-corrected chi connectivity index (χ0v) is 18.5. The molecular weight excluding hydrogens is 410 g/mol. The van der Waals surface area contributed by atoms with Gasteiger partial charge in [-0.3, -0.25) is 9.36 Å². The molecule has 0 aliphatic carbocycles. The molecule has 0 fully saturated rings. The van der Waals surface area contributed by atoms with E-state index in [1.54, 1.807) is 38.1 Å². The second-order valence-electron chi connectivity index (χ2n) is 7.21. The number of furan rings is 1. The van der Waals surface area contributed by atoms with E-state index in [0.29, 0.717) is 17.9 Å². The molecule has 2 heterocycles. The minimum Gasteiger partial charge on any atom is -0.496 e. The number of carbonyl (C=O) groups is 1. The van der Waals surface area contributed by atoms with Gasteiger partial charge in [-0.05, 0) is 50.2 Å². The number of aryl methyl sites for hydroxylation is 1. The second kappa shape index (κ2) is 9.22. The third-order valence-corrected chi connectivity index (χ3v) is 5.95. The van der Waals surface area contributed by atoms with Crippen LogP contribution in [0.3, 0.4) is 0 Å². The number of rotatable bonds is 8. The van der Waals surface area contributed by atoms with Crippen LogP contribution in [0.25, 0.3) is 11.4 Å². The number of benzene rings is 2. The number of ketones is 1. The number of Topliss-reactive ketones (excluding diaryl/α,β-unsaturated/α-hetero) is 1. The molecule has 0 atom stereocenters. The Morgan fingerprint density at radius 3 is 2.71 bits per heavy atom. The van der Waals surface area contributed by atoms with Gasteiger partial charge in [0, 0.05) is 22.4 Å². The molecule has 2 aromatic heterocycles. The highest BCUT2D eigenvalue weighted by atomic mass is 32.2. The molecule has 0 saturated heterocycles. The average molecular weight is 434 g/mol. The molecule has 0 radical (unpaired) electrons. The summed E-state index contributed by atoms with van der Waals surface area (Å²) < 4.78 is 13.1. The maximum absolute atomic E-state index is 11.8. The zero-order chi connectivity index (χ0) is 21.8. The number of ether oxygens (including phenoxy) is 1. The van der Waals surface area contributed by atoms with Crippen molar-refractivity contribution in [3.63, 3.8) is 0 Å². The van der Waals surface area contributed by atoms with Crippen LogP contribution in [0.5, 0.6) is 5.75 Å². The second-order valence-corrected chi connectivity index (χ2v) is 8.16. The van der Waals surface area contributed by atoms with Crippen molar-refractivity contribution in [1.82, 2.24) is 14.8 Å². The van der Waals surface area contributed by atoms with Crippen molar-refractivity contribution in [2.45, 2.75) is 31.3 Å². The van der Waals surface area contributed by atoms with E-state index in [0.717, 1.165) is 39.2 Å². The molecule has 4 aromatic rings. The van der Waals surface area contributed by atoms with Gasteiger partial charge in [0.05, 0.1) is 19.9 Å². The average Bonchev–Trinajstić information content (AvgIpc) is 3.42. The predicted molar refractivity (Wildman–Crippen MR) is 121 cm³/mol. The van der Waals surface area contributed by atoms with E-state index in [1.165, 1.54) is 0 Å². The third-order valence-electron chi connectivity index (χ3n) is 4.93.